The average Bonchev–Trinajstić information content (AvgIpc) is 2.95. The third kappa shape index (κ3) is 2.86. The summed E-state index contributed by atoms with van der Waals surface area (Å²) >= 11 is 0. The lowest BCUT2D eigenvalue weighted by Crippen LogP contribution is -1.95. The molecule has 1 heterocycles. The van der Waals surface area contributed by atoms with Crippen molar-refractivity contribution in [2.45, 2.75) is 20.3 Å². The lowest BCUT2D eigenvalue weighted by atomic mass is 10.1. The molecule has 4 aromatic rings. The van der Waals surface area contributed by atoms with Crippen LogP contribution in [0.15, 0.2) is 85.5 Å². The summed E-state index contributed by atoms with van der Waals surface area (Å²) in [5.41, 5.74) is 7.61. The smallest absolute Gasteiger partial charge is 0.0543 e. The lowest BCUT2D eigenvalue weighted by Gasteiger charge is -2.09. The van der Waals surface area contributed by atoms with E-state index in [-0.39, 0.29) is 0 Å². The predicted molar refractivity (Wildman–Crippen MR) is 113 cm³/mol. The number of allylic oxidation sites excluding steroid dienone is 3. The minimum atomic E-state index is 0.928. The van der Waals surface area contributed by atoms with Gasteiger partial charge >= 0.3 is 0 Å². The zero-order chi connectivity index (χ0) is 18.1. The van der Waals surface area contributed by atoms with Gasteiger partial charge in [0.2, 0.25) is 0 Å². The molecule has 4 rings (SSSR count). The number of aryl methyl sites for hydroxylation is 2. The molecule has 128 valence electrons. The van der Waals surface area contributed by atoms with Crippen molar-refractivity contribution in [1.82, 2.24) is 4.57 Å². The Hall–Kier alpha value is -3.06. The molecule has 0 unspecified atom stereocenters. The SMILES string of the molecule is C=C/C=C/Cc1ccc(-n2c3cc(C)ccc3c3ccc(C)cc32)cc1. The maximum Gasteiger partial charge on any atom is 0.0543 e. The molecule has 0 N–H and O–H groups in total. The summed E-state index contributed by atoms with van der Waals surface area (Å²) in [5.74, 6) is 0. The van der Waals surface area contributed by atoms with Gasteiger partial charge in [-0.05, 0) is 61.2 Å². The van der Waals surface area contributed by atoms with Gasteiger partial charge in [-0.1, -0.05) is 61.2 Å². The van der Waals surface area contributed by atoms with Gasteiger partial charge in [0.1, 0.15) is 0 Å². The molecule has 0 saturated carbocycles. The van der Waals surface area contributed by atoms with Crippen molar-refractivity contribution in [3.8, 4) is 5.69 Å². The molecule has 3 aromatic carbocycles. The van der Waals surface area contributed by atoms with Crippen LogP contribution in [0.25, 0.3) is 27.5 Å². The highest BCUT2D eigenvalue weighted by Crippen LogP contribution is 2.33. The van der Waals surface area contributed by atoms with Gasteiger partial charge in [-0.15, -0.1) is 0 Å². The van der Waals surface area contributed by atoms with Crippen molar-refractivity contribution in [3.63, 3.8) is 0 Å². The Kier molecular flexibility index (Phi) is 4.22. The summed E-state index contributed by atoms with van der Waals surface area (Å²) < 4.78 is 2.38. The summed E-state index contributed by atoms with van der Waals surface area (Å²) in [6, 6.07) is 22.3. The summed E-state index contributed by atoms with van der Waals surface area (Å²) in [5, 5.41) is 2.62. The molecular formula is C25H23N. The molecule has 0 aliphatic rings. The second kappa shape index (κ2) is 6.68. The normalized spacial score (nSPS) is 11.6. The minimum absolute atomic E-state index is 0.928. The van der Waals surface area contributed by atoms with E-state index in [0.717, 1.165) is 6.42 Å². The van der Waals surface area contributed by atoms with Gasteiger partial charge in [0.15, 0.2) is 0 Å². The van der Waals surface area contributed by atoms with Crippen LogP contribution in [0.1, 0.15) is 16.7 Å². The number of hydrogen-bond donors (Lipinski definition) is 0. The summed E-state index contributed by atoms with van der Waals surface area (Å²) in [6.07, 6.45) is 6.87. The van der Waals surface area contributed by atoms with Crippen LogP contribution in [0.5, 0.6) is 0 Å². The Labute approximate surface area is 154 Å². The molecule has 1 aromatic heterocycles. The molecule has 26 heavy (non-hydrogen) atoms. The highest BCUT2D eigenvalue weighted by atomic mass is 15.0. The fourth-order valence-corrected chi connectivity index (χ4v) is 3.60. The predicted octanol–water partition coefficient (Wildman–Crippen LogP) is 6.69. The third-order valence-electron chi connectivity index (χ3n) is 4.90. The first-order valence-corrected chi connectivity index (χ1v) is 9.05. The average molecular weight is 337 g/mol. The van der Waals surface area contributed by atoms with Crippen LogP contribution in [-0.2, 0) is 6.42 Å². The molecule has 0 atom stereocenters. The van der Waals surface area contributed by atoms with Crippen molar-refractivity contribution in [2.75, 3.05) is 0 Å². The third-order valence-corrected chi connectivity index (χ3v) is 4.90. The molecule has 0 aliphatic carbocycles. The number of benzene rings is 3. The molecule has 0 amide bonds. The Morgan fingerprint density at radius 3 is 1.92 bits per heavy atom. The van der Waals surface area contributed by atoms with E-state index in [1.165, 1.54) is 44.2 Å². The Balaban J connectivity index is 1.91. The van der Waals surface area contributed by atoms with E-state index in [0.29, 0.717) is 0 Å². The Bertz CT molecular complexity index is 1070. The molecule has 0 bridgehead atoms. The molecule has 1 heteroatoms. The second-order valence-electron chi connectivity index (χ2n) is 6.91. The Morgan fingerprint density at radius 2 is 1.38 bits per heavy atom. The van der Waals surface area contributed by atoms with Gasteiger partial charge in [-0.25, -0.2) is 0 Å². The molecule has 0 saturated heterocycles. The maximum absolute atomic E-state index is 3.72. The van der Waals surface area contributed by atoms with E-state index in [2.05, 4.69) is 91.7 Å². The molecule has 1 nitrogen and oxygen atoms in total. The van der Waals surface area contributed by atoms with E-state index in [4.69, 9.17) is 0 Å². The fraction of sp³-hybridized carbons (Fsp3) is 0.120. The lowest BCUT2D eigenvalue weighted by molar-refractivity contribution is 1.16. The van der Waals surface area contributed by atoms with Crippen molar-refractivity contribution in [1.29, 1.82) is 0 Å². The van der Waals surface area contributed by atoms with Crippen LogP contribution in [0.3, 0.4) is 0 Å². The molecular weight excluding hydrogens is 314 g/mol. The number of aromatic nitrogens is 1. The zero-order valence-corrected chi connectivity index (χ0v) is 15.4. The van der Waals surface area contributed by atoms with E-state index in [1.54, 1.807) is 0 Å². The van der Waals surface area contributed by atoms with Gasteiger partial charge < -0.3 is 4.57 Å². The van der Waals surface area contributed by atoms with E-state index >= 15 is 0 Å². The zero-order valence-electron chi connectivity index (χ0n) is 15.4. The number of hydrogen-bond acceptors (Lipinski definition) is 0. The summed E-state index contributed by atoms with van der Waals surface area (Å²) in [4.78, 5) is 0. The van der Waals surface area contributed by atoms with Crippen LogP contribution < -0.4 is 0 Å². The number of nitrogens with zero attached hydrogens (tertiary/aromatic N) is 1. The summed E-state index contributed by atoms with van der Waals surface area (Å²) in [6.45, 7) is 8.03. The second-order valence-corrected chi connectivity index (χ2v) is 6.91. The van der Waals surface area contributed by atoms with Gasteiger partial charge in [0.25, 0.3) is 0 Å². The van der Waals surface area contributed by atoms with E-state index in [1.807, 2.05) is 12.2 Å². The van der Waals surface area contributed by atoms with E-state index < -0.39 is 0 Å². The van der Waals surface area contributed by atoms with E-state index in [9.17, 15) is 0 Å². The van der Waals surface area contributed by atoms with Gasteiger partial charge in [-0.3, -0.25) is 0 Å². The maximum atomic E-state index is 3.72. The first-order valence-electron chi connectivity index (χ1n) is 9.05. The topological polar surface area (TPSA) is 4.93 Å². The highest BCUT2D eigenvalue weighted by molar-refractivity contribution is 6.09. The van der Waals surface area contributed by atoms with Crippen LogP contribution in [0.2, 0.25) is 0 Å². The van der Waals surface area contributed by atoms with Crippen molar-refractivity contribution in [2.24, 2.45) is 0 Å². The number of fused-ring (bicyclic) bond motifs is 3. The molecule has 0 fully saturated rings. The first kappa shape index (κ1) is 16.4. The van der Waals surface area contributed by atoms with Crippen molar-refractivity contribution in [3.05, 3.63) is 102 Å². The van der Waals surface area contributed by atoms with Gasteiger partial charge in [-0.2, -0.15) is 0 Å². The quantitative estimate of drug-likeness (QED) is 0.366. The molecule has 0 spiro atoms. The van der Waals surface area contributed by atoms with Crippen molar-refractivity contribution < 1.29 is 0 Å². The summed E-state index contributed by atoms with van der Waals surface area (Å²) in [7, 11) is 0. The highest BCUT2D eigenvalue weighted by Gasteiger charge is 2.12. The first-order chi connectivity index (χ1) is 12.7. The van der Waals surface area contributed by atoms with Crippen LogP contribution in [0, 0.1) is 13.8 Å². The fourth-order valence-electron chi connectivity index (χ4n) is 3.60. The minimum Gasteiger partial charge on any atom is -0.309 e. The number of rotatable bonds is 4. The standard InChI is InChI=1S/C25H23N/c1-4-5-6-7-20-10-12-21(13-11-20)26-24-16-18(2)8-14-22(24)23-15-9-19(3)17-25(23)26/h4-6,8-17H,1,7H2,2-3H3/b6-5+. The van der Waals surface area contributed by atoms with Crippen LogP contribution in [0.4, 0.5) is 0 Å². The van der Waals surface area contributed by atoms with Gasteiger partial charge in [0.05, 0.1) is 11.0 Å². The Morgan fingerprint density at radius 1 is 0.808 bits per heavy atom. The van der Waals surface area contributed by atoms with Crippen LogP contribution in [-0.4, -0.2) is 4.57 Å². The van der Waals surface area contributed by atoms with Crippen LogP contribution >= 0.6 is 0 Å². The molecule has 0 radical (unpaired) electrons. The molecule has 0 aliphatic heterocycles. The largest absolute Gasteiger partial charge is 0.309 e. The monoisotopic (exact) mass is 337 g/mol. The van der Waals surface area contributed by atoms with Crippen molar-refractivity contribution >= 4 is 21.8 Å². The van der Waals surface area contributed by atoms with Gasteiger partial charge in [0, 0.05) is 16.5 Å².